The van der Waals surface area contributed by atoms with Crippen molar-refractivity contribution in [2.45, 2.75) is 19.3 Å². The first-order chi connectivity index (χ1) is 10.8. The highest BCUT2D eigenvalue weighted by Crippen LogP contribution is 2.31. The zero-order valence-corrected chi connectivity index (χ0v) is 12.9. The third kappa shape index (κ3) is 1.99. The lowest BCUT2D eigenvalue weighted by molar-refractivity contribution is 0.373. The summed E-state index contributed by atoms with van der Waals surface area (Å²) in [5.41, 5.74) is 9.05. The van der Waals surface area contributed by atoms with Crippen molar-refractivity contribution in [3.8, 4) is 6.07 Å². The molecule has 0 bridgehead atoms. The van der Waals surface area contributed by atoms with Gasteiger partial charge in [-0.2, -0.15) is 5.26 Å². The predicted octanol–water partition coefficient (Wildman–Crippen LogP) is 2.49. The summed E-state index contributed by atoms with van der Waals surface area (Å²) in [6.45, 7) is 1.80. The molecule has 2 N–H and O–H groups in total. The van der Waals surface area contributed by atoms with Crippen LogP contribution >= 0.6 is 11.3 Å². The average molecular weight is 312 g/mol. The summed E-state index contributed by atoms with van der Waals surface area (Å²) >= 11 is 1.67. The van der Waals surface area contributed by atoms with E-state index in [-0.39, 0.29) is 0 Å². The fourth-order valence-corrected chi connectivity index (χ4v) is 4.08. The number of aromatic nitrogens is 3. The first kappa shape index (κ1) is 13.3. The van der Waals surface area contributed by atoms with Gasteiger partial charge in [0.05, 0.1) is 22.5 Å². The highest BCUT2D eigenvalue weighted by Gasteiger charge is 2.23. The van der Waals surface area contributed by atoms with Crippen molar-refractivity contribution in [2.75, 3.05) is 23.8 Å². The minimum Gasteiger partial charge on any atom is -0.368 e. The van der Waals surface area contributed by atoms with Gasteiger partial charge in [-0.1, -0.05) is 0 Å². The van der Waals surface area contributed by atoms with Gasteiger partial charge in [0.15, 0.2) is 0 Å². The number of nitriles is 1. The highest BCUT2D eigenvalue weighted by atomic mass is 32.1. The van der Waals surface area contributed by atoms with Gasteiger partial charge in [0, 0.05) is 19.5 Å². The van der Waals surface area contributed by atoms with E-state index in [4.69, 9.17) is 11.0 Å². The van der Waals surface area contributed by atoms with Gasteiger partial charge in [0.2, 0.25) is 5.95 Å². The lowest BCUT2D eigenvalue weighted by Gasteiger charge is -2.34. The predicted molar refractivity (Wildman–Crippen MR) is 88.2 cm³/mol. The van der Waals surface area contributed by atoms with Crippen LogP contribution in [0.25, 0.3) is 21.3 Å². The zero-order chi connectivity index (χ0) is 15.1. The number of piperidine rings is 1. The van der Waals surface area contributed by atoms with Gasteiger partial charge in [0.1, 0.15) is 11.0 Å². The van der Waals surface area contributed by atoms with Crippen LogP contribution in [-0.2, 0) is 0 Å². The van der Waals surface area contributed by atoms with Gasteiger partial charge in [-0.05, 0) is 30.2 Å². The molecule has 0 unspecified atom stereocenters. The molecule has 1 aliphatic rings. The summed E-state index contributed by atoms with van der Waals surface area (Å²) in [4.78, 5) is 8.89. The largest absolute Gasteiger partial charge is 0.368 e. The third-order valence-electron chi connectivity index (χ3n) is 4.35. The molecule has 3 aromatic rings. The van der Waals surface area contributed by atoms with Crippen LogP contribution in [0.4, 0.5) is 5.95 Å². The standard InChI is InChI=1S/C15H16N6S/c16-5-1-10-2-6-20(7-3-10)21-13-12(19-15(21)17)9-18-11-4-8-22-14(11)13/h4,8-10H,1-3,6-7H2,(H2,17,19). The Morgan fingerprint density at radius 2 is 2.18 bits per heavy atom. The van der Waals surface area contributed by atoms with Crippen molar-refractivity contribution in [1.82, 2.24) is 14.6 Å². The van der Waals surface area contributed by atoms with Crippen LogP contribution in [0.3, 0.4) is 0 Å². The van der Waals surface area contributed by atoms with Crippen molar-refractivity contribution in [1.29, 1.82) is 5.26 Å². The number of imidazole rings is 1. The highest BCUT2D eigenvalue weighted by molar-refractivity contribution is 7.18. The molecule has 1 saturated heterocycles. The summed E-state index contributed by atoms with van der Waals surface area (Å²) < 4.78 is 3.17. The molecule has 0 radical (unpaired) electrons. The van der Waals surface area contributed by atoms with E-state index < -0.39 is 0 Å². The number of fused-ring (bicyclic) bond motifs is 3. The van der Waals surface area contributed by atoms with E-state index in [0.717, 1.165) is 47.2 Å². The average Bonchev–Trinajstić information content (AvgIpc) is 3.11. The second kappa shape index (κ2) is 5.14. The Labute approximate surface area is 131 Å². The summed E-state index contributed by atoms with van der Waals surface area (Å²) in [7, 11) is 0. The zero-order valence-electron chi connectivity index (χ0n) is 12.1. The van der Waals surface area contributed by atoms with E-state index >= 15 is 0 Å². The molecule has 1 fully saturated rings. The van der Waals surface area contributed by atoms with Crippen molar-refractivity contribution in [3.63, 3.8) is 0 Å². The van der Waals surface area contributed by atoms with Gasteiger partial charge in [-0.25, -0.2) is 9.66 Å². The smallest absolute Gasteiger partial charge is 0.220 e. The Balaban J connectivity index is 1.77. The first-order valence-corrected chi connectivity index (χ1v) is 8.28. The Morgan fingerprint density at radius 1 is 1.36 bits per heavy atom. The van der Waals surface area contributed by atoms with E-state index in [1.165, 1.54) is 0 Å². The van der Waals surface area contributed by atoms with Gasteiger partial charge < -0.3 is 10.7 Å². The van der Waals surface area contributed by atoms with Crippen molar-refractivity contribution >= 4 is 38.5 Å². The fourth-order valence-electron chi connectivity index (χ4n) is 3.20. The van der Waals surface area contributed by atoms with Crippen LogP contribution in [0.5, 0.6) is 0 Å². The monoisotopic (exact) mass is 312 g/mol. The van der Waals surface area contributed by atoms with Crippen molar-refractivity contribution in [3.05, 3.63) is 17.6 Å². The molecule has 112 valence electrons. The van der Waals surface area contributed by atoms with E-state index in [9.17, 15) is 0 Å². The molecule has 0 aliphatic carbocycles. The number of nitrogens with two attached hydrogens (primary N) is 1. The Bertz CT molecular complexity index is 865. The molecule has 6 nitrogen and oxygen atoms in total. The van der Waals surface area contributed by atoms with Crippen LogP contribution in [-0.4, -0.2) is 27.7 Å². The number of rotatable bonds is 2. The molecule has 3 aromatic heterocycles. The summed E-state index contributed by atoms with van der Waals surface area (Å²) in [6, 6.07) is 4.30. The maximum atomic E-state index is 8.84. The van der Waals surface area contributed by atoms with Crippen LogP contribution in [0.15, 0.2) is 17.6 Å². The molecule has 7 heteroatoms. The van der Waals surface area contributed by atoms with E-state index in [0.29, 0.717) is 18.3 Å². The molecular formula is C15H16N6S. The lowest BCUT2D eigenvalue weighted by atomic mass is 9.95. The van der Waals surface area contributed by atoms with Gasteiger partial charge in [-0.3, -0.25) is 4.98 Å². The second-order valence-electron chi connectivity index (χ2n) is 5.67. The Morgan fingerprint density at radius 3 is 2.95 bits per heavy atom. The Hall–Kier alpha value is -2.33. The topological polar surface area (TPSA) is 83.8 Å². The number of thiophene rings is 1. The van der Waals surface area contributed by atoms with Crippen molar-refractivity contribution in [2.24, 2.45) is 5.92 Å². The number of nitrogens with zero attached hydrogens (tertiary/aromatic N) is 5. The number of hydrogen-bond acceptors (Lipinski definition) is 6. The minimum absolute atomic E-state index is 0.501. The first-order valence-electron chi connectivity index (χ1n) is 7.40. The van der Waals surface area contributed by atoms with E-state index in [2.05, 4.69) is 21.0 Å². The fraction of sp³-hybridized carbons (Fsp3) is 0.400. The molecule has 0 spiro atoms. The lowest BCUT2D eigenvalue weighted by Crippen LogP contribution is -2.42. The van der Waals surface area contributed by atoms with Gasteiger partial charge in [0.25, 0.3) is 0 Å². The van der Waals surface area contributed by atoms with Crippen LogP contribution in [0.1, 0.15) is 19.3 Å². The molecule has 22 heavy (non-hydrogen) atoms. The maximum Gasteiger partial charge on any atom is 0.220 e. The summed E-state index contributed by atoms with van der Waals surface area (Å²) in [5.74, 6) is 1.01. The number of pyridine rings is 1. The van der Waals surface area contributed by atoms with E-state index in [1.807, 2.05) is 16.1 Å². The van der Waals surface area contributed by atoms with Gasteiger partial charge in [-0.15, -0.1) is 11.3 Å². The molecule has 4 rings (SSSR count). The maximum absolute atomic E-state index is 8.84. The minimum atomic E-state index is 0.501. The molecule has 1 aliphatic heterocycles. The molecule has 0 saturated carbocycles. The number of anilines is 1. The third-order valence-corrected chi connectivity index (χ3v) is 5.26. The molecular weight excluding hydrogens is 296 g/mol. The molecule has 0 amide bonds. The quantitative estimate of drug-likeness (QED) is 0.786. The van der Waals surface area contributed by atoms with Crippen LogP contribution in [0, 0.1) is 17.2 Å². The molecule has 0 atom stereocenters. The molecule has 0 aromatic carbocycles. The van der Waals surface area contributed by atoms with Gasteiger partial charge >= 0.3 is 0 Å². The van der Waals surface area contributed by atoms with Crippen LogP contribution in [0.2, 0.25) is 0 Å². The second-order valence-corrected chi connectivity index (χ2v) is 6.58. The van der Waals surface area contributed by atoms with Crippen molar-refractivity contribution < 1.29 is 0 Å². The number of hydrogen-bond donors (Lipinski definition) is 1. The summed E-state index contributed by atoms with van der Waals surface area (Å²) in [5, 5.41) is 13.1. The SMILES string of the molecule is N#CCC1CCN(n2c(N)nc3cnc4ccsc4c32)CC1. The normalized spacial score (nSPS) is 16.4. The van der Waals surface area contributed by atoms with E-state index in [1.54, 1.807) is 17.5 Å². The van der Waals surface area contributed by atoms with Crippen LogP contribution < -0.4 is 10.7 Å². The number of nitrogen functional groups attached to an aromatic ring is 1. The molecule has 4 heterocycles. The summed E-state index contributed by atoms with van der Waals surface area (Å²) in [6.07, 6.45) is 4.48. The Kier molecular flexibility index (Phi) is 3.12.